The lowest BCUT2D eigenvalue weighted by Crippen LogP contribution is -2.44. The maximum atomic E-state index is 12.1. The number of aliphatic imine (C=N–C) groups is 1. The summed E-state index contributed by atoms with van der Waals surface area (Å²) in [5.74, 6) is 2.74. The van der Waals surface area contributed by atoms with Crippen molar-refractivity contribution in [2.24, 2.45) is 4.99 Å². The van der Waals surface area contributed by atoms with E-state index in [1.165, 1.54) is 0 Å². The number of likely N-dealkylation sites (tertiary alicyclic amines) is 1. The van der Waals surface area contributed by atoms with Gasteiger partial charge >= 0.3 is 0 Å². The summed E-state index contributed by atoms with van der Waals surface area (Å²) >= 11 is 0. The lowest BCUT2D eigenvalue weighted by atomic mass is 10.2. The first-order valence-electron chi connectivity index (χ1n) is 8.79. The minimum atomic E-state index is -0.262. The predicted octanol–water partition coefficient (Wildman–Crippen LogP) is 0.784. The Morgan fingerprint density at radius 2 is 2.04 bits per heavy atom. The third-order valence-electron chi connectivity index (χ3n) is 3.90. The molecule has 1 aliphatic rings. The summed E-state index contributed by atoms with van der Waals surface area (Å²) in [6, 6.07) is 7.06. The Balaban J connectivity index is 1.85. The quantitative estimate of drug-likeness (QED) is 0.400. The third-order valence-corrected chi connectivity index (χ3v) is 3.90. The molecule has 2 rings (SSSR count). The lowest BCUT2D eigenvalue weighted by Gasteiger charge is -2.17. The maximum absolute atomic E-state index is 12.1. The molecule has 138 valence electrons. The zero-order chi connectivity index (χ0) is 18.8. The van der Waals surface area contributed by atoms with Crippen LogP contribution >= 0.6 is 0 Å². The molecule has 26 heavy (non-hydrogen) atoms. The summed E-state index contributed by atoms with van der Waals surface area (Å²) in [5.41, 5.74) is 1.32. The van der Waals surface area contributed by atoms with Crippen LogP contribution in [0, 0.1) is 12.3 Å². The molecule has 0 atom stereocenters. The number of benzene rings is 1. The van der Waals surface area contributed by atoms with Crippen LogP contribution < -0.4 is 16.0 Å². The number of amides is 2. The molecule has 0 aromatic heterocycles. The minimum Gasteiger partial charge on any atom is -0.357 e. The highest BCUT2D eigenvalue weighted by molar-refractivity contribution is 5.94. The Hall–Kier alpha value is -3.01. The largest absolute Gasteiger partial charge is 0.357 e. The van der Waals surface area contributed by atoms with Gasteiger partial charge in [0, 0.05) is 30.9 Å². The first kappa shape index (κ1) is 19.3. The molecule has 1 heterocycles. The van der Waals surface area contributed by atoms with E-state index in [0.717, 1.165) is 25.9 Å². The normalized spacial score (nSPS) is 13.8. The number of hydrogen-bond donors (Lipinski definition) is 3. The molecule has 1 aromatic rings. The Bertz CT molecular complexity index is 702. The van der Waals surface area contributed by atoms with Crippen molar-refractivity contribution in [1.82, 2.24) is 15.5 Å². The molecule has 3 N–H and O–H groups in total. The molecular formula is C19H25N5O2. The Labute approximate surface area is 154 Å². The first-order valence-corrected chi connectivity index (χ1v) is 8.79. The monoisotopic (exact) mass is 355 g/mol. The zero-order valence-electron chi connectivity index (χ0n) is 15.0. The van der Waals surface area contributed by atoms with Crippen LogP contribution in [0.25, 0.3) is 0 Å². The van der Waals surface area contributed by atoms with Crippen LogP contribution in [0.1, 0.15) is 25.3 Å². The number of rotatable bonds is 6. The van der Waals surface area contributed by atoms with E-state index in [0.29, 0.717) is 23.8 Å². The van der Waals surface area contributed by atoms with Gasteiger partial charge in [-0.2, -0.15) is 0 Å². The van der Waals surface area contributed by atoms with Crippen molar-refractivity contribution in [3.05, 3.63) is 29.8 Å². The van der Waals surface area contributed by atoms with Gasteiger partial charge in [-0.15, -0.1) is 6.42 Å². The zero-order valence-corrected chi connectivity index (χ0v) is 15.0. The summed E-state index contributed by atoms with van der Waals surface area (Å²) in [6.45, 7) is 4.28. The summed E-state index contributed by atoms with van der Waals surface area (Å²) in [6.07, 6.45) is 7.47. The van der Waals surface area contributed by atoms with Crippen LogP contribution in [0.15, 0.2) is 29.3 Å². The highest BCUT2D eigenvalue weighted by Gasteiger charge is 2.17. The van der Waals surface area contributed by atoms with Gasteiger partial charge in [0.25, 0.3) is 0 Å². The van der Waals surface area contributed by atoms with E-state index >= 15 is 0 Å². The molecule has 7 nitrogen and oxygen atoms in total. The molecule has 7 heteroatoms. The third kappa shape index (κ3) is 6.13. The number of carbonyl (C=O) groups excluding carboxylic acids is 2. The second kappa shape index (κ2) is 10.1. The van der Waals surface area contributed by atoms with Gasteiger partial charge in [0.1, 0.15) is 6.54 Å². The molecule has 1 aliphatic heterocycles. The number of nitrogens with zero attached hydrogens (tertiary/aromatic N) is 2. The van der Waals surface area contributed by atoms with E-state index in [1.54, 1.807) is 24.3 Å². The number of terminal acetylenes is 1. The highest BCUT2D eigenvalue weighted by atomic mass is 16.2. The van der Waals surface area contributed by atoms with Gasteiger partial charge in [0.15, 0.2) is 5.96 Å². The van der Waals surface area contributed by atoms with Crippen molar-refractivity contribution in [3.63, 3.8) is 0 Å². The average molecular weight is 355 g/mol. The average Bonchev–Trinajstić information content (AvgIpc) is 3.18. The lowest BCUT2D eigenvalue weighted by molar-refractivity contribution is -0.128. The molecule has 0 saturated carbocycles. The SMILES string of the molecule is C#Cc1cccc(NC(=O)CN=C(NCC)NCC(=O)N2CCCC2)c1. The van der Waals surface area contributed by atoms with Crippen LogP contribution in [0.3, 0.4) is 0 Å². The minimum absolute atomic E-state index is 0.0451. The summed E-state index contributed by atoms with van der Waals surface area (Å²) in [5, 5.41) is 8.76. The Morgan fingerprint density at radius 3 is 2.73 bits per heavy atom. The number of carbonyl (C=O) groups is 2. The molecule has 0 unspecified atom stereocenters. The molecule has 0 aliphatic carbocycles. The second-order valence-corrected chi connectivity index (χ2v) is 5.91. The smallest absolute Gasteiger partial charge is 0.246 e. The number of hydrogen-bond acceptors (Lipinski definition) is 3. The fourth-order valence-electron chi connectivity index (χ4n) is 2.62. The van der Waals surface area contributed by atoms with Crippen molar-refractivity contribution in [2.75, 3.05) is 38.0 Å². The van der Waals surface area contributed by atoms with Gasteiger partial charge in [-0.25, -0.2) is 4.99 Å². The fourth-order valence-corrected chi connectivity index (χ4v) is 2.62. The van der Waals surface area contributed by atoms with E-state index in [9.17, 15) is 9.59 Å². The molecule has 1 fully saturated rings. The standard InChI is InChI=1S/C19H25N5O2/c1-3-15-8-7-9-16(12-15)23-17(25)13-21-19(20-4-2)22-14-18(26)24-10-5-6-11-24/h1,7-9,12H,4-6,10-11,13-14H2,2H3,(H,23,25)(H2,20,21,22). The van der Waals surface area contributed by atoms with E-state index in [4.69, 9.17) is 6.42 Å². The van der Waals surface area contributed by atoms with Crippen molar-refractivity contribution < 1.29 is 9.59 Å². The first-order chi connectivity index (χ1) is 12.6. The van der Waals surface area contributed by atoms with Crippen molar-refractivity contribution in [1.29, 1.82) is 0 Å². The fraction of sp³-hybridized carbons (Fsp3) is 0.421. The second-order valence-electron chi connectivity index (χ2n) is 5.91. The van der Waals surface area contributed by atoms with Gasteiger partial charge in [-0.1, -0.05) is 12.0 Å². The van der Waals surface area contributed by atoms with Crippen LogP contribution in [-0.2, 0) is 9.59 Å². The van der Waals surface area contributed by atoms with Gasteiger partial charge in [0.05, 0.1) is 6.54 Å². The Morgan fingerprint density at radius 1 is 1.27 bits per heavy atom. The van der Waals surface area contributed by atoms with Crippen molar-refractivity contribution in [3.8, 4) is 12.3 Å². The van der Waals surface area contributed by atoms with Crippen molar-refractivity contribution in [2.45, 2.75) is 19.8 Å². The van der Waals surface area contributed by atoms with Gasteiger partial charge < -0.3 is 20.9 Å². The van der Waals surface area contributed by atoms with Crippen molar-refractivity contribution >= 4 is 23.5 Å². The maximum Gasteiger partial charge on any atom is 0.246 e. The van der Waals surface area contributed by atoms with E-state index in [1.807, 2.05) is 11.8 Å². The van der Waals surface area contributed by atoms with Crippen LogP contribution in [0.2, 0.25) is 0 Å². The van der Waals surface area contributed by atoms with Crippen LogP contribution in [0.4, 0.5) is 5.69 Å². The highest BCUT2D eigenvalue weighted by Crippen LogP contribution is 2.09. The topological polar surface area (TPSA) is 85.8 Å². The molecule has 1 saturated heterocycles. The van der Waals surface area contributed by atoms with Gasteiger partial charge in [0.2, 0.25) is 11.8 Å². The van der Waals surface area contributed by atoms with Gasteiger partial charge in [-0.05, 0) is 38.0 Å². The Kier molecular flexibility index (Phi) is 7.49. The molecule has 0 bridgehead atoms. The number of anilines is 1. The van der Waals surface area contributed by atoms with E-state index < -0.39 is 0 Å². The van der Waals surface area contributed by atoms with Crippen LogP contribution in [-0.4, -0.2) is 55.4 Å². The summed E-state index contributed by atoms with van der Waals surface area (Å²) in [4.78, 5) is 30.2. The van der Waals surface area contributed by atoms with E-state index in [-0.39, 0.29) is 24.9 Å². The summed E-state index contributed by atoms with van der Waals surface area (Å²) < 4.78 is 0. The number of guanidine groups is 1. The van der Waals surface area contributed by atoms with Crippen LogP contribution in [0.5, 0.6) is 0 Å². The number of nitrogens with one attached hydrogen (secondary N) is 3. The molecule has 2 amide bonds. The van der Waals surface area contributed by atoms with E-state index in [2.05, 4.69) is 26.9 Å². The molecular weight excluding hydrogens is 330 g/mol. The predicted molar refractivity (Wildman–Crippen MR) is 103 cm³/mol. The summed E-state index contributed by atoms with van der Waals surface area (Å²) in [7, 11) is 0. The molecule has 1 aromatic carbocycles. The molecule has 0 radical (unpaired) electrons. The molecule has 0 spiro atoms. The van der Waals surface area contributed by atoms with Gasteiger partial charge in [-0.3, -0.25) is 9.59 Å².